The maximum absolute atomic E-state index is 13.5. The van der Waals surface area contributed by atoms with E-state index in [1.807, 2.05) is 13.8 Å². The lowest BCUT2D eigenvalue weighted by Gasteiger charge is -2.42. The summed E-state index contributed by atoms with van der Waals surface area (Å²) in [6, 6.07) is 6.53. The molecule has 0 saturated carbocycles. The summed E-state index contributed by atoms with van der Waals surface area (Å²) in [5.74, 6) is 0.508. The first-order chi connectivity index (χ1) is 19.5. The number of piperazine rings is 1. The second kappa shape index (κ2) is 11.1. The number of hydrogen-bond acceptors (Lipinski definition) is 8. The zero-order valence-corrected chi connectivity index (χ0v) is 25.4. The molecule has 1 amide bonds. The Kier molecular flexibility index (Phi) is 7.90. The molecule has 2 aromatic carbocycles. The summed E-state index contributed by atoms with van der Waals surface area (Å²) in [5, 5.41) is 9.76. The fraction of sp³-hybridized carbons (Fsp3) is 0.370. The van der Waals surface area contributed by atoms with Gasteiger partial charge in [0.1, 0.15) is 5.69 Å². The van der Waals surface area contributed by atoms with Gasteiger partial charge in [-0.1, -0.05) is 40.0 Å². The van der Waals surface area contributed by atoms with Crippen LogP contribution in [0.2, 0.25) is 15.1 Å². The molecule has 1 aliphatic heterocycles. The van der Waals surface area contributed by atoms with E-state index in [4.69, 9.17) is 44.3 Å². The second-order valence-electron chi connectivity index (χ2n) is 10.1. The Labute approximate surface area is 251 Å². The third kappa shape index (κ3) is 5.23. The molecule has 14 heteroatoms. The van der Waals surface area contributed by atoms with Crippen molar-refractivity contribution >= 4 is 51.7 Å². The third-order valence-corrected chi connectivity index (χ3v) is 8.52. The number of hydrogen-bond donors (Lipinski definition) is 0. The monoisotopic (exact) mass is 619 g/mol. The van der Waals surface area contributed by atoms with Gasteiger partial charge in [0.15, 0.2) is 17.2 Å². The number of benzene rings is 2. The maximum Gasteiger partial charge on any atom is 0.282 e. The minimum absolute atomic E-state index is 0.138. The second-order valence-corrected chi connectivity index (χ2v) is 11.3. The number of rotatable bonds is 6. The molecule has 0 unspecified atom stereocenters. The summed E-state index contributed by atoms with van der Waals surface area (Å²) in [6.07, 6.45) is 1.80. The number of aromatic nitrogens is 5. The number of carbonyl (C=O) groups excluding carboxylic acids is 1. The van der Waals surface area contributed by atoms with Crippen LogP contribution in [-0.4, -0.2) is 80.7 Å². The van der Waals surface area contributed by atoms with Gasteiger partial charge in [-0.25, -0.2) is 9.67 Å². The van der Waals surface area contributed by atoms with Crippen molar-refractivity contribution < 1.29 is 14.3 Å². The van der Waals surface area contributed by atoms with E-state index in [1.54, 1.807) is 47.1 Å². The van der Waals surface area contributed by atoms with E-state index in [-0.39, 0.29) is 5.69 Å². The van der Waals surface area contributed by atoms with Crippen molar-refractivity contribution in [2.45, 2.75) is 19.4 Å². The maximum atomic E-state index is 13.5. The molecule has 0 aliphatic carbocycles. The van der Waals surface area contributed by atoms with Gasteiger partial charge in [-0.15, -0.1) is 5.10 Å². The average molecular weight is 621 g/mol. The van der Waals surface area contributed by atoms with Crippen LogP contribution in [0.15, 0.2) is 35.3 Å². The van der Waals surface area contributed by atoms with Crippen LogP contribution in [-0.2, 0) is 12.6 Å². The zero-order valence-electron chi connectivity index (χ0n) is 23.1. The number of halogens is 3. The first kappa shape index (κ1) is 29.1. The van der Waals surface area contributed by atoms with Crippen LogP contribution in [0.3, 0.4) is 0 Å². The summed E-state index contributed by atoms with van der Waals surface area (Å²) in [6.45, 7) is 6.00. The number of carbonyl (C=O) groups is 1. The van der Waals surface area contributed by atoms with Crippen molar-refractivity contribution in [3.8, 4) is 17.2 Å². The largest absolute Gasteiger partial charge is 0.493 e. The van der Waals surface area contributed by atoms with Crippen molar-refractivity contribution in [2.24, 2.45) is 7.05 Å². The fourth-order valence-electron chi connectivity index (χ4n) is 4.92. The fourth-order valence-corrected chi connectivity index (χ4v) is 5.55. The molecule has 1 fully saturated rings. The lowest BCUT2D eigenvalue weighted by atomic mass is 9.97. The van der Waals surface area contributed by atoms with Crippen molar-refractivity contribution in [1.29, 1.82) is 0 Å². The molecule has 5 rings (SSSR count). The standard InChI is InChI=1S/C27H28Cl3N7O4/c1-27(2,23-14-37(33-32-23)19-11-16(29)15(28)10-17(19)30)36-8-6-35(7-9-36)26(39)24-25(38)34(3)20-13-22(41-5)21(40-4)12-18(20)31-24/h10-14H,6-9H2,1-5H3. The Morgan fingerprint density at radius 3 is 2.22 bits per heavy atom. The summed E-state index contributed by atoms with van der Waals surface area (Å²) in [7, 11) is 4.64. The normalized spacial score (nSPS) is 14.5. The van der Waals surface area contributed by atoms with E-state index < -0.39 is 17.0 Å². The van der Waals surface area contributed by atoms with Gasteiger partial charge in [-0.3, -0.25) is 14.5 Å². The van der Waals surface area contributed by atoms with Crippen LogP contribution < -0.4 is 15.0 Å². The first-order valence-corrected chi connectivity index (χ1v) is 13.8. The quantitative estimate of drug-likeness (QED) is 0.296. The smallest absolute Gasteiger partial charge is 0.282 e. The zero-order chi connectivity index (χ0) is 29.6. The summed E-state index contributed by atoms with van der Waals surface area (Å²) < 4.78 is 13.7. The van der Waals surface area contributed by atoms with E-state index in [2.05, 4.69) is 20.2 Å². The van der Waals surface area contributed by atoms with Crippen LogP contribution in [0, 0.1) is 0 Å². The number of aryl methyl sites for hydroxylation is 1. The average Bonchev–Trinajstić information content (AvgIpc) is 3.47. The third-order valence-electron chi connectivity index (χ3n) is 7.50. The molecule has 4 aromatic rings. The molecular weight excluding hydrogens is 593 g/mol. The Morgan fingerprint density at radius 2 is 1.56 bits per heavy atom. The highest BCUT2D eigenvalue weighted by Gasteiger charge is 2.36. The van der Waals surface area contributed by atoms with Gasteiger partial charge in [-0.2, -0.15) is 0 Å². The van der Waals surface area contributed by atoms with E-state index >= 15 is 0 Å². The van der Waals surface area contributed by atoms with Gasteiger partial charge < -0.3 is 18.9 Å². The Bertz CT molecular complexity index is 1710. The summed E-state index contributed by atoms with van der Waals surface area (Å²) in [5.41, 5.74) is 1.14. The number of amides is 1. The Balaban J connectivity index is 1.34. The number of fused-ring (bicyclic) bond motifs is 1. The highest BCUT2D eigenvalue weighted by atomic mass is 35.5. The van der Waals surface area contributed by atoms with E-state index in [1.165, 1.54) is 18.8 Å². The van der Waals surface area contributed by atoms with Gasteiger partial charge >= 0.3 is 0 Å². The molecule has 0 N–H and O–H groups in total. The van der Waals surface area contributed by atoms with Gasteiger partial charge in [0.25, 0.3) is 11.5 Å². The first-order valence-electron chi connectivity index (χ1n) is 12.7. The molecule has 2 aromatic heterocycles. The minimum atomic E-state index is -0.511. The molecule has 1 saturated heterocycles. The molecule has 41 heavy (non-hydrogen) atoms. The molecule has 11 nitrogen and oxygen atoms in total. The van der Waals surface area contributed by atoms with Gasteiger partial charge in [0.05, 0.1) is 57.7 Å². The van der Waals surface area contributed by atoms with E-state index in [0.717, 1.165) is 0 Å². The molecule has 0 bridgehead atoms. The van der Waals surface area contributed by atoms with Gasteiger partial charge in [0.2, 0.25) is 0 Å². The highest BCUT2D eigenvalue weighted by Crippen LogP contribution is 2.33. The van der Waals surface area contributed by atoms with Crippen LogP contribution in [0.25, 0.3) is 16.7 Å². The highest BCUT2D eigenvalue weighted by molar-refractivity contribution is 6.43. The molecule has 3 heterocycles. The molecule has 0 spiro atoms. The molecule has 0 atom stereocenters. The lowest BCUT2D eigenvalue weighted by Crippen LogP contribution is -2.55. The number of nitrogens with zero attached hydrogens (tertiary/aromatic N) is 7. The van der Waals surface area contributed by atoms with E-state index in [9.17, 15) is 9.59 Å². The molecular formula is C27H28Cl3N7O4. The van der Waals surface area contributed by atoms with Crippen LogP contribution in [0.4, 0.5) is 0 Å². The van der Waals surface area contributed by atoms with Crippen molar-refractivity contribution in [1.82, 2.24) is 34.3 Å². The summed E-state index contributed by atoms with van der Waals surface area (Å²) >= 11 is 18.6. The van der Waals surface area contributed by atoms with Crippen LogP contribution >= 0.6 is 34.8 Å². The number of ether oxygens (including phenoxy) is 2. The Hall–Kier alpha value is -3.38. The minimum Gasteiger partial charge on any atom is -0.493 e. The van der Waals surface area contributed by atoms with Gasteiger partial charge in [0, 0.05) is 45.4 Å². The van der Waals surface area contributed by atoms with Crippen molar-refractivity contribution in [2.75, 3.05) is 40.4 Å². The predicted molar refractivity (Wildman–Crippen MR) is 157 cm³/mol. The summed E-state index contributed by atoms with van der Waals surface area (Å²) in [4.78, 5) is 34.9. The van der Waals surface area contributed by atoms with E-state index in [0.29, 0.717) is 75.2 Å². The Morgan fingerprint density at radius 1 is 0.927 bits per heavy atom. The predicted octanol–water partition coefficient (Wildman–Crippen LogP) is 4.18. The SMILES string of the molecule is COc1cc2nc(C(=O)N3CCN(C(C)(C)c4cn(-c5cc(Cl)c(Cl)cc5Cl)nn4)CC3)c(=O)n(C)c2cc1OC. The van der Waals surface area contributed by atoms with Crippen molar-refractivity contribution in [3.05, 3.63) is 67.3 Å². The topological polar surface area (TPSA) is 108 Å². The number of methoxy groups -OCH3 is 2. The molecule has 1 aliphatic rings. The van der Waals surface area contributed by atoms with Crippen LogP contribution in [0.1, 0.15) is 30.0 Å². The van der Waals surface area contributed by atoms with Crippen molar-refractivity contribution in [3.63, 3.8) is 0 Å². The van der Waals surface area contributed by atoms with Gasteiger partial charge in [-0.05, 0) is 26.0 Å². The van der Waals surface area contributed by atoms with Crippen LogP contribution in [0.5, 0.6) is 11.5 Å². The molecule has 216 valence electrons. The molecule has 0 radical (unpaired) electrons. The lowest BCUT2D eigenvalue weighted by molar-refractivity contribution is 0.0373.